The highest BCUT2D eigenvalue weighted by Gasteiger charge is 2.21. The summed E-state index contributed by atoms with van der Waals surface area (Å²) >= 11 is 1.66. The van der Waals surface area contributed by atoms with Crippen molar-refractivity contribution in [2.24, 2.45) is 4.99 Å². The first-order valence-corrected chi connectivity index (χ1v) is 10.9. The molecule has 156 valence electrons. The topological polar surface area (TPSA) is 60.0 Å². The molecule has 0 atom stereocenters. The van der Waals surface area contributed by atoms with Gasteiger partial charge in [0.05, 0.1) is 6.54 Å². The van der Waals surface area contributed by atoms with Gasteiger partial charge in [-0.1, -0.05) is 0 Å². The van der Waals surface area contributed by atoms with Gasteiger partial charge in [0.25, 0.3) is 0 Å². The number of thiophene rings is 1. The van der Waals surface area contributed by atoms with Crippen molar-refractivity contribution in [1.29, 1.82) is 0 Å². The van der Waals surface area contributed by atoms with E-state index in [1.807, 2.05) is 17.2 Å². The van der Waals surface area contributed by atoms with E-state index in [2.05, 4.69) is 32.0 Å². The van der Waals surface area contributed by atoms with Gasteiger partial charge >= 0.3 is 0 Å². The zero-order valence-electron chi connectivity index (χ0n) is 16.7. The smallest absolute Gasteiger partial charge is 0.224 e. The Balaban J connectivity index is 1.41. The number of carbonyl (C=O) groups excluding carboxylic acids is 1. The zero-order chi connectivity index (χ0) is 20.5. The van der Waals surface area contributed by atoms with Crippen molar-refractivity contribution in [3.8, 4) is 0 Å². The van der Waals surface area contributed by atoms with Crippen LogP contribution in [0.1, 0.15) is 18.9 Å². The number of nitrogens with one attached hydrogen (secondary N) is 2. The molecule has 2 N–H and O–H groups in total. The highest BCUT2D eigenvalue weighted by molar-refractivity contribution is 7.07. The average molecular weight is 418 g/mol. The SMILES string of the molecule is CCNC(=NCc1ccsc1)NCCC(=O)N1CCN(c2ccc(F)cc2)CC1. The predicted octanol–water partition coefficient (Wildman–Crippen LogP) is 2.68. The van der Waals surface area contributed by atoms with Gasteiger partial charge < -0.3 is 20.4 Å². The van der Waals surface area contributed by atoms with Crippen LogP contribution in [0.3, 0.4) is 0 Å². The van der Waals surface area contributed by atoms with Crippen molar-refractivity contribution in [3.63, 3.8) is 0 Å². The molecule has 1 aromatic carbocycles. The van der Waals surface area contributed by atoms with Crippen LogP contribution in [0.4, 0.5) is 10.1 Å². The molecule has 0 radical (unpaired) electrons. The summed E-state index contributed by atoms with van der Waals surface area (Å²) in [5.74, 6) is 0.642. The number of benzene rings is 1. The summed E-state index contributed by atoms with van der Waals surface area (Å²) in [6.07, 6.45) is 0.430. The monoisotopic (exact) mass is 417 g/mol. The molecule has 2 aromatic rings. The molecular weight excluding hydrogens is 389 g/mol. The molecule has 0 unspecified atom stereocenters. The van der Waals surface area contributed by atoms with Crippen LogP contribution < -0.4 is 15.5 Å². The Morgan fingerprint density at radius 1 is 1.14 bits per heavy atom. The summed E-state index contributed by atoms with van der Waals surface area (Å²) in [6, 6.07) is 8.58. The van der Waals surface area contributed by atoms with Crippen molar-refractivity contribution < 1.29 is 9.18 Å². The quantitative estimate of drug-likeness (QED) is 0.537. The standard InChI is InChI=1S/C21H28FN5OS/c1-2-23-21(25-15-17-8-14-29-16-17)24-9-7-20(28)27-12-10-26(11-13-27)19-5-3-18(22)4-6-19/h3-6,8,14,16H,2,7,9-13,15H2,1H3,(H2,23,24,25). The first-order chi connectivity index (χ1) is 14.2. The normalized spacial score (nSPS) is 14.8. The second-order valence-corrected chi connectivity index (χ2v) is 7.63. The summed E-state index contributed by atoms with van der Waals surface area (Å²) < 4.78 is 13.1. The zero-order valence-corrected chi connectivity index (χ0v) is 17.6. The lowest BCUT2D eigenvalue weighted by Gasteiger charge is -2.36. The van der Waals surface area contributed by atoms with Crippen LogP contribution in [0.25, 0.3) is 0 Å². The molecule has 1 aliphatic heterocycles. The van der Waals surface area contributed by atoms with Crippen LogP contribution in [0.2, 0.25) is 0 Å². The molecule has 2 heterocycles. The third-order valence-electron chi connectivity index (χ3n) is 4.80. The summed E-state index contributed by atoms with van der Waals surface area (Å²) in [4.78, 5) is 21.2. The molecule has 1 aliphatic rings. The molecule has 1 fully saturated rings. The highest BCUT2D eigenvalue weighted by atomic mass is 32.1. The minimum Gasteiger partial charge on any atom is -0.368 e. The first kappa shape index (κ1) is 21.1. The number of guanidine groups is 1. The third kappa shape index (κ3) is 6.45. The number of amides is 1. The Labute approximate surface area is 175 Å². The predicted molar refractivity (Wildman–Crippen MR) is 117 cm³/mol. The number of piperazine rings is 1. The van der Waals surface area contributed by atoms with Gasteiger partial charge in [0.15, 0.2) is 5.96 Å². The fourth-order valence-electron chi connectivity index (χ4n) is 3.21. The number of anilines is 1. The average Bonchev–Trinajstić information content (AvgIpc) is 3.26. The molecule has 8 heteroatoms. The molecule has 29 heavy (non-hydrogen) atoms. The van der Waals surface area contributed by atoms with Gasteiger partial charge in [0, 0.05) is 51.4 Å². The number of halogens is 1. The van der Waals surface area contributed by atoms with Gasteiger partial charge in [-0.3, -0.25) is 4.79 Å². The largest absolute Gasteiger partial charge is 0.368 e. The van der Waals surface area contributed by atoms with Crippen LogP contribution in [0, 0.1) is 5.82 Å². The van der Waals surface area contributed by atoms with E-state index in [0.717, 1.165) is 31.3 Å². The Bertz CT molecular complexity index is 786. The molecule has 6 nitrogen and oxygen atoms in total. The van der Waals surface area contributed by atoms with E-state index >= 15 is 0 Å². The van der Waals surface area contributed by atoms with E-state index in [1.165, 1.54) is 17.7 Å². The Morgan fingerprint density at radius 2 is 1.90 bits per heavy atom. The number of hydrogen-bond acceptors (Lipinski definition) is 4. The van der Waals surface area contributed by atoms with Gasteiger partial charge in [-0.15, -0.1) is 0 Å². The lowest BCUT2D eigenvalue weighted by molar-refractivity contribution is -0.131. The second kappa shape index (κ2) is 10.8. The Morgan fingerprint density at radius 3 is 2.55 bits per heavy atom. The summed E-state index contributed by atoms with van der Waals surface area (Å²) in [5, 5.41) is 10.6. The van der Waals surface area contributed by atoms with Crippen molar-refractivity contribution in [3.05, 3.63) is 52.5 Å². The molecule has 0 saturated carbocycles. The van der Waals surface area contributed by atoms with Gasteiger partial charge in [-0.05, 0) is 53.6 Å². The van der Waals surface area contributed by atoms with Crippen LogP contribution in [0.15, 0.2) is 46.1 Å². The lowest BCUT2D eigenvalue weighted by Crippen LogP contribution is -2.49. The van der Waals surface area contributed by atoms with E-state index in [0.29, 0.717) is 32.6 Å². The molecule has 0 spiro atoms. The number of hydrogen-bond donors (Lipinski definition) is 2. The van der Waals surface area contributed by atoms with Crippen molar-refractivity contribution in [1.82, 2.24) is 15.5 Å². The van der Waals surface area contributed by atoms with Gasteiger partial charge in [0.1, 0.15) is 5.82 Å². The van der Waals surface area contributed by atoms with Crippen LogP contribution >= 0.6 is 11.3 Å². The van der Waals surface area contributed by atoms with E-state index in [9.17, 15) is 9.18 Å². The maximum atomic E-state index is 13.1. The first-order valence-electron chi connectivity index (χ1n) is 9.97. The molecule has 1 aromatic heterocycles. The van der Waals surface area contributed by atoms with Crippen molar-refractivity contribution >= 4 is 28.9 Å². The van der Waals surface area contributed by atoms with Gasteiger partial charge in [-0.25, -0.2) is 9.38 Å². The van der Waals surface area contributed by atoms with Crippen LogP contribution in [0.5, 0.6) is 0 Å². The molecule has 0 aliphatic carbocycles. The minimum absolute atomic E-state index is 0.143. The van der Waals surface area contributed by atoms with Gasteiger partial charge in [-0.2, -0.15) is 11.3 Å². The Kier molecular flexibility index (Phi) is 7.86. The maximum absolute atomic E-state index is 13.1. The molecule has 0 bridgehead atoms. The number of rotatable bonds is 7. The van der Waals surface area contributed by atoms with Crippen molar-refractivity contribution in [2.45, 2.75) is 19.9 Å². The van der Waals surface area contributed by atoms with Crippen LogP contribution in [-0.4, -0.2) is 56.0 Å². The molecule has 3 rings (SSSR count). The molecular formula is C21H28FN5OS. The third-order valence-corrected chi connectivity index (χ3v) is 5.53. The summed E-state index contributed by atoms with van der Waals surface area (Å²) in [7, 11) is 0. The fraction of sp³-hybridized carbons (Fsp3) is 0.429. The molecule has 1 saturated heterocycles. The van der Waals surface area contributed by atoms with E-state index in [1.54, 1.807) is 23.5 Å². The lowest BCUT2D eigenvalue weighted by atomic mass is 10.2. The van der Waals surface area contributed by atoms with Crippen LogP contribution in [-0.2, 0) is 11.3 Å². The van der Waals surface area contributed by atoms with Gasteiger partial charge in [0.2, 0.25) is 5.91 Å². The minimum atomic E-state index is -0.231. The highest BCUT2D eigenvalue weighted by Crippen LogP contribution is 2.17. The Hall–Kier alpha value is -2.61. The fourth-order valence-corrected chi connectivity index (χ4v) is 3.87. The van der Waals surface area contributed by atoms with E-state index < -0.39 is 0 Å². The van der Waals surface area contributed by atoms with Crippen molar-refractivity contribution in [2.75, 3.05) is 44.2 Å². The number of nitrogens with zero attached hydrogens (tertiary/aromatic N) is 3. The summed E-state index contributed by atoms with van der Waals surface area (Å²) in [6.45, 7) is 6.85. The van der Waals surface area contributed by atoms with E-state index in [-0.39, 0.29) is 11.7 Å². The summed E-state index contributed by atoms with van der Waals surface area (Å²) in [5.41, 5.74) is 2.18. The number of aliphatic imine (C=N–C) groups is 1. The maximum Gasteiger partial charge on any atom is 0.224 e. The molecule has 1 amide bonds. The van der Waals surface area contributed by atoms with E-state index in [4.69, 9.17) is 0 Å². The second-order valence-electron chi connectivity index (χ2n) is 6.85. The number of carbonyl (C=O) groups is 1.